The first-order valence-corrected chi connectivity index (χ1v) is 11.3. The topological polar surface area (TPSA) is 67.9 Å². The number of anilines is 1. The standard InChI is InChI=1S/C27H26F2N2O4/c1-3-24-27(33)31(15-18-9-20(28)14-21(29)10-18)16-19-13-22(7-8-25(19)35-24)30-26(32)12-17-5-4-6-23(11-17)34-2/h4-11,13-14,24H,3,12,15-16H2,1-2H3,(H,30,32)/t24-/m0/s1. The average Bonchev–Trinajstić information content (AvgIpc) is 2.94. The van der Waals surface area contributed by atoms with Crippen LogP contribution in [-0.4, -0.2) is 29.9 Å². The molecule has 0 spiro atoms. The number of hydrogen-bond acceptors (Lipinski definition) is 4. The monoisotopic (exact) mass is 480 g/mol. The first kappa shape index (κ1) is 24.2. The van der Waals surface area contributed by atoms with Gasteiger partial charge in [-0.05, 0) is 60.0 Å². The molecule has 6 nitrogen and oxygen atoms in total. The molecule has 0 unspecified atom stereocenters. The van der Waals surface area contributed by atoms with Gasteiger partial charge in [0.05, 0.1) is 13.5 Å². The molecule has 0 saturated carbocycles. The SMILES string of the molecule is CC[C@@H]1Oc2ccc(NC(=O)Cc3cccc(OC)c3)cc2CN(Cc2cc(F)cc(F)c2)C1=O. The summed E-state index contributed by atoms with van der Waals surface area (Å²) >= 11 is 0. The first-order valence-electron chi connectivity index (χ1n) is 11.3. The Hall–Kier alpha value is -3.94. The molecule has 3 aromatic rings. The van der Waals surface area contributed by atoms with Gasteiger partial charge in [-0.2, -0.15) is 0 Å². The van der Waals surface area contributed by atoms with Crippen LogP contribution in [-0.2, 0) is 29.1 Å². The van der Waals surface area contributed by atoms with Gasteiger partial charge < -0.3 is 19.7 Å². The molecule has 1 aliphatic rings. The van der Waals surface area contributed by atoms with Gasteiger partial charge in [-0.1, -0.05) is 19.1 Å². The Morgan fingerprint density at radius 3 is 2.57 bits per heavy atom. The van der Waals surface area contributed by atoms with Crippen molar-refractivity contribution in [2.24, 2.45) is 0 Å². The molecule has 0 bridgehead atoms. The van der Waals surface area contributed by atoms with Crippen molar-refractivity contribution >= 4 is 17.5 Å². The highest BCUT2D eigenvalue weighted by Gasteiger charge is 2.30. The van der Waals surface area contributed by atoms with Crippen LogP contribution >= 0.6 is 0 Å². The van der Waals surface area contributed by atoms with E-state index in [9.17, 15) is 18.4 Å². The second-order valence-electron chi connectivity index (χ2n) is 8.39. The zero-order chi connectivity index (χ0) is 24.9. The highest BCUT2D eigenvalue weighted by molar-refractivity contribution is 5.92. The number of amides is 2. The van der Waals surface area contributed by atoms with E-state index in [1.165, 1.54) is 17.0 Å². The number of methoxy groups -OCH3 is 1. The molecule has 3 aromatic carbocycles. The normalized spacial score (nSPS) is 15.1. The average molecular weight is 481 g/mol. The van der Waals surface area contributed by atoms with E-state index in [4.69, 9.17) is 9.47 Å². The molecular weight excluding hydrogens is 454 g/mol. The lowest BCUT2D eigenvalue weighted by Crippen LogP contribution is -2.38. The van der Waals surface area contributed by atoms with E-state index in [-0.39, 0.29) is 31.3 Å². The Morgan fingerprint density at radius 1 is 1.09 bits per heavy atom. The molecule has 8 heteroatoms. The Bertz CT molecular complexity index is 1230. The van der Waals surface area contributed by atoms with Crippen molar-refractivity contribution in [3.63, 3.8) is 0 Å². The van der Waals surface area contributed by atoms with Crippen LogP contribution in [0.3, 0.4) is 0 Å². The summed E-state index contributed by atoms with van der Waals surface area (Å²) in [7, 11) is 1.57. The van der Waals surface area contributed by atoms with E-state index in [1.807, 2.05) is 25.1 Å². The van der Waals surface area contributed by atoms with Crippen molar-refractivity contribution in [1.82, 2.24) is 4.90 Å². The smallest absolute Gasteiger partial charge is 0.264 e. The van der Waals surface area contributed by atoms with E-state index in [2.05, 4.69) is 5.32 Å². The lowest BCUT2D eigenvalue weighted by atomic mass is 10.1. The van der Waals surface area contributed by atoms with Gasteiger partial charge in [0, 0.05) is 30.4 Å². The summed E-state index contributed by atoms with van der Waals surface area (Å²) in [5.41, 5.74) is 2.39. The van der Waals surface area contributed by atoms with E-state index in [1.54, 1.807) is 31.4 Å². The minimum atomic E-state index is -0.719. The van der Waals surface area contributed by atoms with Gasteiger partial charge in [-0.15, -0.1) is 0 Å². The van der Waals surface area contributed by atoms with Crippen molar-refractivity contribution in [1.29, 1.82) is 0 Å². The van der Waals surface area contributed by atoms with Gasteiger partial charge >= 0.3 is 0 Å². The summed E-state index contributed by atoms with van der Waals surface area (Å²) in [6, 6.07) is 15.7. The third kappa shape index (κ3) is 5.95. The van der Waals surface area contributed by atoms with Gasteiger partial charge in [-0.25, -0.2) is 8.78 Å². The second-order valence-corrected chi connectivity index (χ2v) is 8.39. The van der Waals surface area contributed by atoms with Gasteiger partial charge in [-0.3, -0.25) is 9.59 Å². The molecule has 1 heterocycles. The minimum Gasteiger partial charge on any atom is -0.497 e. The Balaban J connectivity index is 1.53. The fourth-order valence-corrected chi connectivity index (χ4v) is 4.07. The molecule has 0 aliphatic carbocycles. The minimum absolute atomic E-state index is 0.0270. The molecule has 1 N–H and O–H groups in total. The number of carbonyl (C=O) groups excluding carboxylic acids is 2. The van der Waals surface area contributed by atoms with Crippen LogP contribution in [0.2, 0.25) is 0 Å². The molecule has 4 rings (SSSR count). The summed E-state index contributed by atoms with van der Waals surface area (Å²) in [4.78, 5) is 27.2. The number of hydrogen-bond donors (Lipinski definition) is 1. The number of benzene rings is 3. The van der Waals surface area contributed by atoms with E-state index in [0.717, 1.165) is 11.6 Å². The lowest BCUT2D eigenvalue weighted by Gasteiger charge is -2.23. The zero-order valence-corrected chi connectivity index (χ0v) is 19.5. The highest BCUT2D eigenvalue weighted by atomic mass is 19.1. The van der Waals surface area contributed by atoms with E-state index in [0.29, 0.717) is 34.7 Å². The van der Waals surface area contributed by atoms with E-state index < -0.39 is 17.7 Å². The van der Waals surface area contributed by atoms with Crippen molar-refractivity contribution in [3.05, 3.63) is 89.0 Å². The molecule has 35 heavy (non-hydrogen) atoms. The maximum Gasteiger partial charge on any atom is 0.264 e. The number of carbonyl (C=O) groups is 2. The maximum absolute atomic E-state index is 13.7. The Morgan fingerprint density at radius 2 is 1.86 bits per heavy atom. The van der Waals surface area contributed by atoms with Crippen LogP contribution in [0.15, 0.2) is 60.7 Å². The van der Waals surface area contributed by atoms with Crippen LogP contribution < -0.4 is 14.8 Å². The van der Waals surface area contributed by atoms with Crippen LogP contribution in [0.4, 0.5) is 14.5 Å². The van der Waals surface area contributed by atoms with Crippen molar-refractivity contribution in [2.75, 3.05) is 12.4 Å². The number of halogens is 2. The van der Waals surface area contributed by atoms with E-state index >= 15 is 0 Å². The van der Waals surface area contributed by atoms with Crippen LogP contribution in [0.5, 0.6) is 11.5 Å². The summed E-state index contributed by atoms with van der Waals surface area (Å²) < 4.78 is 38.5. The molecule has 1 aliphatic heterocycles. The summed E-state index contributed by atoms with van der Waals surface area (Å²) in [6.45, 7) is 2.03. The highest BCUT2D eigenvalue weighted by Crippen LogP contribution is 2.30. The van der Waals surface area contributed by atoms with Crippen LogP contribution in [0.25, 0.3) is 0 Å². The molecule has 1 atom stereocenters. The number of fused-ring (bicyclic) bond motifs is 1. The number of rotatable bonds is 7. The third-order valence-corrected chi connectivity index (χ3v) is 5.73. The Kier molecular flexibility index (Phi) is 7.29. The fraction of sp³-hybridized carbons (Fsp3) is 0.259. The molecule has 2 amide bonds. The maximum atomic E-state index is 13.7. The van der Waals surface area contributed by atoms with Crippen molar-refractivity contribution in [3.8, 4) is 11.5 Å². The van der Waals surface area contributed by atoms with Gasteiger partial charge in [0.25, 0.3) is 5.91 Å². The van der Waals surface area contributed by atoms with Gasteiger partial charge in [0.2, 0.25) is 5.91 Å². The van der Waals surface area contributed by atoms with Gasteiger partial charge in [0.1, 0.15) is 23.1 Å². The molecule has 0 aromatic heterocycles. The zero-order valence-electron chi connectivity index (χ0n) is 19.5. The summed E-state index contributed by atoms with van der Waals surface area (Å²) in [5, 5.41) is 2.88. The molecule has 0 saturated heterocycles. The molecular formula is C27H26F2N2O4. The van der Waals surface area contributed by atoms with Crippen molar-refractivity contribution in [2.45, 2.75) is 39.0 Å². The first-order chi connectivity index (χ1) is 16.8. The predicted octanol–water partition coefficient (Wildman–Crippen LogP) is 4.85. The molecule has 0 fully saturated rings. The fourth-order valence-electron chi connectivity index (χ4n) is 4.07. The number of ether oxygens (including phenoxy) is 2. The second kappa shape index (κ2) is 10.5. The van der Waals surface area contributed by atoms with Gasteiger partial charge in [0.15, 0.2) is 6.10 Å². The van der Waals surface area contributed by atoms with Crippen LogP contribution in [0.1, 0.15) is 30.0 Å². The third-order valence-electron chi connectivity index (χ3n) is 5.73. The summed E-state index contributed by atoms with van der Waals surface area (Å²) in [6.07, 6.45) is -0.118. The van der Waals surface area contributed by atoms with Crippen LogP contribution in [0, 0.1) is 11.6 Å². The summed E-state index contributed by atoms with van der Waals surface area (Å²) in [5.74, 6) is -0.673. The quantitative estimate of drug-likeness (QED) is 0.525. The number of nitrogens with one attached hydrogen (secondary N) is 1. The number of nitrogens with zero attached hydrogens (tertiary/aromatic N) is 1. The Labute approximate surface area is 202 Å². The van der Waals surface area contributed by atoms with Crippen molar-refractivity contribution < 1.29 is 27.8 Å². The lowest BCUT2D eigenvalue weighted by molar-refractivity contribution is -0.139. The largest absolute Gasteiger partial charge is 0.497 e. The molecule has 0 radical (unpaired) electrons. The molecule has 182 valence electrons. The predicted molar refractivity (Wildman–Crippen MR) is 127 cm³/mol.